The van der Waals surface area contributed by atoms with Crippen LogP contribution in [0.3, 0.4) is 0 Å². The quantitative estimate of drug-likeness (QED) is 0.809. The molecule has 0 N–H and O–H groups in total. The van der Waals surface area contributed by atoms with Gasteiger partial charge in [-0.05, 0) is 38.0 Å². The Kier molecular flexibility index (Phi) is 4.08. The molecule has 2 rings (SSSR count). The summed E-state index contributed by atoms with van der Waals surface area (Å²) in [5.41, 5.74) is 2.32. The summed E-state index contributed by atoms with van der Waals surface area (Å²) in [7, 11) is 0. The highest BCUT2D eigenvalue weighted by Gasteiger charge is 2.14. The SMILES string of the molecule is CCOC(=O)Cn1cc(C#N)c(=O)c2ccc(C)c(C)c21. The van der Waals surface area contributed by atoms with Crippen molar-refractivity contribution in [1.82, 2.24) is 4.57 Å². The van der Waals surface area contributed by atoms with E-state index < -0.39 is 5.97 Å². The van der Waals surface area contributed by atoms with Crippen molar-refractivity contribution in [2.24, 2.45) is 0 Å². The average Bonchev–Trinajstić information content (AvgIpc) is 2.45. The monoisotopic (exact) mass is 284 g/mol. The first-order valence-corrected chi connectivity index (χ1v) is 6.68. The Labute approximate surface area is 122 Å². The summed E-state index contributed by atoms with van der Waals surface area (Å²) >= 11 is 0. The number of nitriles is 1. The molecule has 0 unspecified atom stereocenters. The number of aromatic nitrogens is 1. The van der Waals surface area contributed by atoms with Crippen LogP contribution < -0.4 is 5.43 Å². The van der Waals surface area contributed by atoms with Gasteiger partial charge in [-0.25, -0.2) is 0 Å². The third-order valence-electron chi connectivity index (χ3n) is 3.49. The van der Waals surface area contributed by atoms with Crippen LogP contribution >= 0.6 is 0 Å². The number of carbonyl (C=O) groups is 1. The molecule has 0 radical (unpaired) electrons. The molecule has 108 valence electrons. The molecule has 0 amide bonds. The molecule has 0 aliphatic carbocycles. The fourth-order valence-corrected chi connectivity index (χ4v) is 2.33. The number of esters is 1. The predicted octanol–water partition coefficient (Wildman–Crippen LogP) is 2.05. The Morgan fingerprint density at radius 1 is 1.38 bits per heavy atom. The molecule has 0 aliphatic rings. The van der Waals surface area contributed by atoms with Crippen LogP contribution in [0.2, 0.25) is 0 Å². The predicted molar refractivity (Wildman–Crippen MR) is 79.0 cm³/mol. The molecule has 1 aromatic carbocycles. The number of pyridine rings is 1. The van der Waals surface area contributed by atoms with Gasteiger partial charge in [0.1, 0.15) is 18.2 Å². The number of fused-ring (bicyclic) bond motifs is 1. The van der Waals surface area contributed by atoms with Crippen molar-refractivity contribution in [3.05, 3.63) is 45.2 Å². The van der Waals surface area contributed by atoms with Gasteiger partial charge >= 0.3 is 5.97 Å². The lowest BCUT2D eigenvalue weighted by Gasteiger charge is -2.14. The summed E-state index contributed by atoms with van der Waals surface area (Å²) in [6.07, 6.45) is 1.42. The van der Waals surface area contributed by atoms with E-state index in [1.807, 2.05) is 26.0 Å². The standard InChI is InChI=1S/C16H16N2O3/c1-4-21-14(19)9-18-8-12(7-17)16(20)13-6-5-10(2)11(3)15(13)18/h5-6,8H,4,9H2,1-3H3. The van der Waals surface area contributed by atoms with E-state index in [1.165, 1.54) is 6.20 Å². The van der Waals surface area contributed by atoms with E-state index in [2.05, 4.69) is 0 Å². The molecule has 5 heteroatoms. The lowest BCUT2D eigenvalue weighted by molar-refractivity contribution is -0.143. The Morgan fingerprint density at radius 2 is 2.10 bits per heavy atom. The Morgan fingerprint density at radius 3 is 2.71 bits per heavy atom. The zero-order valence-electron chi connectivity index (χ0n) is 12.3. The minimum Gasteiger partial charge on any atom is -0.465 e. The highest BCUT2D eigenvalue weighted by molar-refractivity contribution is 5.85. The highest BCUT2D eigenvalue weighted by atomic mass is 16.5. The maximum Gasteiger partial charge on any atom is 0.325 e. The van der Waals surface area contributed by atoms with Crippen LogP contribution in [0, 0.1) is 25.2 Å². The van der Waals surface area contributed by atoms with Crippen molar-refractivity contribution in [3.63, 3.8) is 0 Å². The largest absolute Gasteiger partial charge is 0.465 e. The van der Waals surface area contributed by atoms with Gasteiger partial charge in [0.15, 0.2) is 0 Å². The van der Waals surface area contributed by atoms with Gasteiger partial charge in [0.25, 0.3) is 0 Å². The molecule has 21 heavy (non-hydrogen) atoms. The Bertz CT molecular complexity index is 813. The topological polar surface area (TPSA) is 72.1 Å². The number of hydrogen-bond donors (Lipinski definition) is 0. The average molecular weight is 284 g/mol. The highest BCUT2D eigenvalue weighted by Crippen LogP contribution is 2.20. The fraction of sp³-hybridized carbons (Fsp3) is 0.312. The maximum absolute atomic E-state index is 12.2. The lowest BCUT2D eigenvalue weighted by atomic mass is 10.0. The molecule has 1 aromatic heterocycles. The number of nitrogens with zero attached hydrogens (tertiary/aromatic N) is 2. The van der Waals surface area contributed by atoms with Crippen molar-refractivity contribution in [3.8, 4) is 6.07 Å². The zero-order valence-corrected chi connectivity index (χ0v) is 12.3. The van der Waals surface area contributed by atoms with E-state index in [9.17, 15) is 9.59 Å². The number of hydrogen-bond acceptors (Lipinski definition) is 4. The van der Waals surface area contributed by atoms with Gasteiger partial charge < -0.3 is 9.30 Å². The van der Waals surface area contributed by atoms with Gasteiger partial charge in [-0.3, -0.25) is 9.59 Å². The second kappa shape index (κ2) is 5.80. The number of benzene rings is 1. The van der Waals surface area contributed by atoms with E-state index >= 15 is 0 Å². The van der Waals surface area contributed by atoms with Crippen LogP contribution in [0.4, 0.5) is 0 Å². The van der Waals surface area contributed by atoms with E-state index in [4.69, 9.17) is 10.00 Å². The summed E-state index contributed by atoms with van der Waals surface area (Å²) in [4.78, 5) is 24.0. The van der Waals surface area contributed by atoms with Gasteiger partial charge in [0.2, 0.25) is 5.43 Å². The van der Waals surface area contributed by atoms with Crippen LogP contribution in [-0.2, 0) is 16.1 Å². The Hall–Kier alpha value is -2.61. The molecule has 0 saturated heterocycles. The van der Waals surface area contributed by atoms with Gasteiger partial charge in [-0.2, -0.15) is 5.26 Å². The third kappa shape index (κ3) is 2.65. The molecule has 0 fully saturated rings. The maximum atomic E-state index is 12.2. The summed E-state index contributed by atoms with van der Waals surface area (Å²) in [6.45, 7) is 5.83. The van der Waals surface area contributed by atoms with E-state index in [0.29, 0.717) is 17.5 Å². The van der Waals surface area contributed by atoms with E-state index in [1.54, 1.807) is 17.6 Å². The van der Waals surface area contributed by atoms with Gasteiger partial charge in [0.05, 0.1) is 12.1 Å². The van der Waals surface area contributed by atoms with Crippen molar-refractivity contribution < 1.29 is 9.53 Å². The van der Waals surface area contributed by atoms with Gasteiger partial charge in [-0.1, -0.05) is 6.07 Å². The molecule has 1 heterocycles. The van der Waals surface area contributed by atoms with Gasteiger partial charge in [0, 0.05) is 11.6 Å². The van der Waals surface area contributed by atoms with Crippen molar-refractivity contribution >= 4 is 16.9 Å². The first-order chi connectivity index (χ1) is 9.99. The van der Waals surface area contributed by atoms with Crippen LogP contribution in [0.1, 0.15) is 23.6 Å². The summed E-state index contributed by atoms with van der Waals surface area (Å²) < 4.78 is 6.57. The van der Waals surface area contributed by atoms with E-state index in [0.717, 1.165) is 11.1 Å². The number of carbonyl (C=O) groups excluding carboxylic acids is 1. The molecule has 0 bridgehead atoms. The van der Waals surface area contributed by atoms with E-state index in [-0.39, 0.29) is 17.5 Å². The van der Waals surface area contributed by atoms with Crippen LogP contribution in [-0.4, -0.2) is 17.1 Å². The smallest absolute Gasteiger partial charge is 0.325 e. The Balaban J connectivity index is 2.76. The van der Waals surface area contributed by atoms with Gasteiger partial charge in [-0.15, -0.1) is 0 Å². The lowest BCUT2D eigenvalue weighted by Crippen LogP contribution is -2.19. The second-order valence-corrected chi connectivity index (χ2v) is 4.82. The second-order valence-electron chi connectivity index (χ2n) is 4.82. The van der Waals surface area contributed by atoms with Crippen LogP contribution in [0.15, 0.2) is 23.1 Å². The van der Waals surface area contributed by atoms with Crippen molar-refractivity contribution in [1.29, 1.82) is 5.26 Å². The molecule has 5 nitrogen and oxygen atoms in total. The summed E-state index contributed by atoms with van der Waals surface area (Å²) in [5.74, 6) is -0.396. The number of rotatable bonds is 3. The molecule has 0 aliphatic heterocycles. The number of ether oxygens (including phenoxy) is 1. The minimum atomic E-state index is -0.396. The normalized spacial score (nSPS) is 10.4. The third-order valence-corrected chi connectivity index (χ3v) is 3.49. The molecule has 0 atom stereocenters. The fourth-order valence-electron chi connectivity index (χ4n) is 2.33. The molecular weight excluding hydrogens is 268 g/mol. The molecule has 0 spiro atoms. The first-order valence-electron chi connectivity index (χ1n) is 6.68. The molecule has 0 saturated carbocycles. The summed E-state index contributed by atoms with van der Waals surface area (Å²) in [6, 6.07) is 5.42. The molecule has 2 aromatic rings. The van der Waals surface area contributed by atoms with Crippen molar-refractivity contribution in [2.45, 2.75) is 27.3 Å². The van der Waals surface area contributed by atoms with Crippen molar-refractivity contribution in [2.75, 3.05) is 6.61 Å². The summed E-state index contributed by atoms with van der Waals surface area (Å²) in [5, 5.41) is 9.53. The first kappa shape index (κ1) is 14.8. The molecular formula is C16H16N2O3. The number of aryl methyl sites for hydroxylation is 2. The van der Waals surface area contributed by atoms with Crippen LogP contribution in [0.5, 0.6) is 0 Å². The zero-order chi connectivity index (χ0) is 15.6. The minimum absolute atomic E-state index is 0.0232. The van der Waals surface area contributed by atoms with Crippen LogP contribution in [0.25, 0.3) is 10.9 Å².